The average molecular weight is 451 g/mol. The SMILES string of the molecule is CN(C)CCON(C)CCCC1CC[C@@]2(O)[C@@H]3CCC4CC(O)CC[C@]4(C)[C@@H]3CC[C@]12C. The molecule has 0 bridgehead atoms. The van der Waals surface area contributed by atoms with Gasteiger partial charge in [0, 0.05) is 20.1 Å². The molecule has 4 aliphatic rings. The zero-order chi connectivity index (χ0) is 23.1. The molecule has 32 heavy (non-hydrogen) atoms. The number of likely N-dealkylation sites (N-methyl/N-ethyl adjacent to an activating group) is 1. The molecule has 5 heteroatoms. The Kier molecular flexibility index (Phi) is 7.36. The maximum atomic E-state index is 12.3. The standard InChI is InChI=1S/C27H50N2O3/c1-25-13-11-22(30)19-21(25)8-9-24-23(25)12-14-26(2)20(10-15-27(24,26)31)7-6-16-29(5)32-18-17-28(3)4/h20-24,30-31H,6-19H2,1-5H3/t20?,21?,22?,23-,24-,25+,26-,27-/m1/s1. The summed E-state index contributed by atoms with van der Waals surface area (Å²) in [6, 6.07) is 0. The van der Waals surface area contributed by atoms with Crippen LogP contribution < -0.4 is 0 Å². The van der Waals surface area contributed by atoms with E-state index < -0.39 is 5.60 Å². The van der Waals surface area contributed by atoms with Crippen molar-refractivity contribution >= 4 is 0 Å². The van der Waals surface area contributed by atoms with Gasteiger partial charge >= 0.3 is 0 Å². The summed E-state index contributed by atoms with van der Waals surface area (Å²) in [5, 5.41) is 24.5. The van der Waals surface area contributed by atoms with Crippen LogP contribution in [0, 0.1) is 34.5 Å². The lowest BCUT2D eigenvalue weighted by Gasteiger charge is -2.63. The Morgan fingerprint density at radius 2 is 1.69 bits per heavy atom. The van der Waals surface area contributed by atoms with Gasteiger partial charge in [-0.25, -0.2) is 0 Å². The Balaban J connectivity index is 1.36. The monoisotopic (exact) mass is 450 g/mol. The van der Waals surface area contributed by atoms with Crippen LogP contribution in [0.2, 0.25) is 0 Å². The third-order valence-electron chi connectivity index (χ3n) is 10.9. The molecule has 0 aliphatic heterocycles. The van der Waals surface area contributed by atoms with Crippen LogP contribution in [0.5, 0.6) is 0 Å². The number of aliphatic hydroxyl groups is 2. The van der Waals surface area contributed by atoms with E-state index in [-0.39, 0.29) is 11.5 Å². The molecular weight excluding hydrogens is 400 g/mol. The van der Waals surface area contributed by atoms with Crippen LogP contribution in [0.1, 0.15) is 84.5 Å². The molecule has 0 radical (unpaired) electrons. The van der Waals surface area contributed by atoms with E-state index >= 15 is 0 Å². The van der Waals surface area contributed by atoms with Gasteiger partial charge < -0.3 is 15.1 Å². The van der Waals surface area contributed by atoms with E-state index in [0.717, 1.165) is 51.8 Å². The molecule has 0 spiro atoms. The predicted molar refractivity (Wildman–Crippen MR) is 129 cm³/mol. The molecule has 0 heterocycles. The highest BCUT2D eigenvalue weighted by molar-refractivity contribution is 5.16. The lowest BCUT2D eigenvalue weighted by Crippen LogP contribution is -2.62. The largest absolute Gasteiger partial charge is 0.393 e. The number of hydrogen-bond donors (Lipinski definition) is 2. The van der Waals surface area contributed by atoms with Crippen molar-refractivity contribution in [2.75, 3.05) is 40.8 Å². The number of fused-ring (bicyclic) bond motifs is 5. The Bertz CT molecular complexity index is 644. The van der Waals surface area contributed by atoms with Crippen LogP contribution in [0.15, 0.2) is 0 Å². The molecule has 8 atom stereocenters. The van der Waals surface area contributed by atoms with Gasteiger partial charge in [0.2, 0.25) is 0 Å². The Morgan fingerprint density at radius 1 is 0.906 bits per heavy atom. The summed E-state index contributed by atoms with van der Waals surface area (Å²) < 4.78 is 0. The Hall–Kier alpha value is -0.200. The highest BCUT2D eigenvalue weighted by atomic mass is 16.7. The molecule has 2 N–H and O–H groups in total. The van der Waals surface area contributed by atoms with Crippen molar-refractivity contribution in [3.8, 4) is 0 Å². The molecule has 0 aromatic heterocycles. The first kappa shape index (κ1) is 24.9. The summed E-state index contributed by atoms with van der Waals surface area (Å²) in [6.45, 7) is 7.58. The van der Waals surface area contributed by atoms with E-state index in [2.05, 4.69) is 32.8 Å². The fraction of sp³-hybridized carbons (Fsp3) is 1.00. The zero-order valence-electron chi connectivity index (χ0n) is 21.5. The molecule has 4 rings (SSSR count). The van der Waals surface area contributed by atoms with Gasteiger partial charge in [-0.05, 0) is 119 Å². The minimum Gasteiger partial charge on any atom is -0.393 e. The lowest BCUT2D eigenvalue weighted by molar-refractivity contribution is -0.210. The van der Waals surface area contributed by atoms with E-state index in [0.29, 0.717) is 29.1 Å². The van der Waals surface area contributed by atoms with Crippen molar-refractivity contribution in [2.24, 2.45) is 34.5 Å². The quantitative estimate of drug-likeness (QED) is 0.539. The number of aliphatic hydroxyl groups excluding tert-OH is 1. The van der Waals surface area contributed by atoms with Crippen molar-refractivity contribution in [3.05, 3.63) is 0 Å². The van der Waals surface area contributed by atoms with Crippen LogP contribution in [0.25, 0.3) is 0 Å². The van der Waals surface area contributed by atoms with Crippen LogP contribution in [-0.4, -0.2) is 72.7 Å². The molecule has 0 aromatic carbocycles. The maximum absolute atomic E-state index is 12.3. The zero-order valence-corrected chi connectivity index (χ0v) is 21.5. The van der Waals surface area contributed by atoms with E-state index in [4.69, 9.17) is 4.84 Å². The van der Waals surface area contributed by atoms with E-state index in [1.54, 1.807) is 0 Å². The van der Waals surface area contributed by atoms with Gasteiger partial charge in [-0.1, -0.05) is 13.8 Å². The third-order valence-corrected chi connectivity index (χ3v) is 10.9. The van der Waals surface area contributed by atoms with Gasteiger partial charge in [-0.2, -0.15) is 5.06 Å². The van der Waals surface area contributed by atoms with Gasteiger partial charge in [0.25, 0.3) is 0 Å². The molecule has 4 fully saturated rings. The number of nitrogens with zero attached hydrogens (tertiary/aromatic N) is 2. The molecule has 4 aliphatic carbocycles. The van der Waals surface area contributed by atoms with Crippen molar-refractivity contribution in [2.45, 2.75) is 96.2 Å². The van der Waals surface area contributed by atoms with Crippen molar-refractivity contribution in [1.29, 1.82) is 0 Å². The van der Waals surface area contributed by atoms with E-state index in [9.17, 15) is 10.2 Å². The van der Waals surface area contributed by atoms with Gasteiger partial charge in [-0.15, -0.1) is 0 Å². The first-order valence-electron chi connectivity index (χ1n) is 13.5. The minimum absolute atomic E-state index is 0.0654. The van der Waals surface area contributed by atoms with Crippen LogP contribution in [0.3, 0.4) is 0 Å². The number of hydroxylamine groups is 2. The summed E-state index contributed by atoms with van der Waals surface area (Å²) in [5.41, 5.74) is -0.0987. The summed E-state index contributed by atoms with van der Waals surface area (Å²) in [4.78, 5) is 7.98. The highest BCUT2D eigenvalue weighted by Crippen LogP contribution is 2.69. The number of hydrogen-bond acceptors (Lipinski definition) is 5. The molecule has 0 amide bonds. The van der Waals surface area contributed by atoms with Crippen LogP contribution in [0.4, 0.5) is 0 Å². The number of rotatable bonds is 8. The van der Waals surface area contributed by atoms with Crippen molar-refractivity contribution in [3.63, 3.8) is 0 Å². The lowest BCUT2D eigenvalue weighted by atomic mass is 9.43. The Morgan fingerprint density at radius 3 is 2.44 bits per heavy atom. The van der Waals surface area contributed by atoms with E-state index in [1.165, 1.54) is 38.5 Å². The highest BCUT2D eigenvalue weighted by Gasteiger charge is 2.66. The normalized spacial score (nSPS) is 46.2. The summed E-state index contributed by atoms with van der Waals surface area (Å²) in [5.74, 6) is 2.38. The van der Waals surface area contributed by atoms with Gasteiger partial charge in [0.05, 0.1) is 18.3 Å². The third kappa shape index (κ3) is 4.30. The molecule has 0 aromatic rings. The Labute approximate surface area is 196 Å². The van der Waals surface area contributed by atoms with Crippen molar-refractivity contribution < 1.29 is 15.1 Å². The molecular formula is C27H50N2O3. The molecule has 3 unspecified atom stereocenters. The molecule has 0 saturated heterocycles. The summed E-state index contributed by atoms with van der Waals surface area (Å²) in [6.07, 6.45) is 12.3. The predicted octanol–water partition coefficient (Wildman–Crippen LogP) is 4.33. The van der Waals surface area contributed by atoms with Crippen LogP contribution in [-0.2, 0) is 4.84 Å². The topological polar surface area (TPSA) is 56.2 Å². The van der Waals surface area contributed by atoms with Crippen LogP contribution >= 0.6 is 0 Å². The van der Waals surface area contributed by atoms with Gasteiger partial charge in [0.1, 0.15) is 0 Å². The second-order valence-corrected chi connectivity index (χ2v) is 12.7. The van der Waals surface area contributed by atoms with E-state index in [1.807, 2.05) is 12.1 Å². The maximum Gasteiger partial charge on any atom is 0.0811 e. The first-order chi connectivity index (χ1) is 15.1. The second kappa shape index (κ2) is 9.45. The summed E-state index contributed by atoms with van der Waals surface area (Å²) in [7, 11) is 6.20. The molecule has 186 valence electrons. The average Bonchev–Trinajstić information content (AvgIpc) is 2.99. The van der Waals surface area contributed by atoms with Gasteiger partial charge in [0.15, 0.2) is 0 Å². The first-order valence-corrected chi connectivity index (χ1v) is 13.5. The molecule has 5 nitrogen and oxygen atoms in total. The fourth-order valence-corrected chi connectivity index (χ4v) is 8.78. The second-order valence-electron chi connectivity index (χ2n) is 12.7. The fourth-order valence-electron chi connectivity index (χ4n) is 8.78. The minimum atomic E-state index is -0.487. The smallest absolute Gasteiger partial charge is 0.0811 e. The van der Waals surface area contributed by atoms with Gasteiger partial charge in [-0.3, -0.25) is 4.84 Å². The van der Waals surface area contributed by atoms with Crippen molar-refractivity contribution in [1.82, 2.24) is 9.96 Å². The molecule has 4 saturated carbocycles. The summed E-state index contributed by atoms with van der Waals surface area (Å²) >= 11 is 0.